The fraction of sp³-hybridized carbons (Fsp3) is 0.750. The Labute approximate surface area is 200 Å². The number of halogens is 2. The van der Waals surface area contributed by atoms with Gasteiger partial charge in [-0.05, 0) is 55.4 Å². The predicted octanol–water partition coefficient (Wildman–Crippen LogP) is 4.51. The van der Waals surface area contributed by atoms with Gasteiger partial charge in [0, 0.05) is 47.8 Å². The molecule has 2 heterocycles. The highest BCUT2D eigenvalue weighted by molar-refractivity contribution is 6.07. The van der Waals surface area contributed by atoms with Crippen LogP contribution in [0.15, 0.2) is 23.7 Å². The Kier molecular flexibility index (Phi) is 8.04. The second-order valence-electron chi connectivity index (χ2n) is 11.7. The molecule has 0 aliphatic carbocycles. The molecule has 2 aliphatic rings. The molecule has 34 heavy (non-hydrogen) atoms. The molecule has 2 radical (unpaired) electrons. The van der Waals surface area contributed by atoms with Crippen molar-refractivity contribution >= 4 is 12.1 Å². The second kappa shape index (κ2) is 9.64. The van der Waals surface area contributed by atoms with Crippen molar-refractivity contribution in [3.8, 4) is 0 Å². The highest BCUT2D eigenvalue weighted by Crippen LogP contribution is 2.40. The molecule has 2 saturated heterocycles. The Morgan fingerprint density at radius 1 is 0.794 bits per heavy atom. The zero-order valence-electron chi connectivity index (χ0n) is 21.2. The van der Waals surface area contributed by atoms with Crippen LogP contribution < -0.4 is 0 Å². The summed E-state index contributed by atoms with van der Waals surface area (Å²) >= 11 is 0. The second-order valence-corrected chi connectivity index (χ2v) is 11.7. The molecule has 2 fully saturated rings. The van der Waals surface area contributed by atoms with Crippen LogP contribution in [0.3, 0.4) is 0 Å². The van der Waals surface area contributed by atoms with Crippen LogP contribution >= 0.6 is 0 Å². The van der Waals surface area contributed by atoms with Gasteiger partial charge in [0.1, 0.15) is 18.5 Å². The van der Waals surface area contributed by atoms with Crippen molar-refractivity contribution < 1.29 is 38.3 Å². The number of Topliss-reactive ketones (excluding diaryl/α,β-unsaturated/α-hetero) is 1. The van der Waals surface area contributed by atoms with Crippen LogP contribution in [0, 0.1) is 0 Å². The molecule has 8 nitrogen and oxygen atoms in total. The van der Waals surface area contributed by atoms with Crippen molar-refractivity contribution in [2.75, 3.05) is 0 Å². The summed E-state index contributed by atoms with van der Waals surface area (Å²) in [5, 5.41) is 26.9. The average molecular weight is 487 g/mol. The van der Waals surface area contributed by atoms with Gasteiger partial charge in [0.25, 0.3) is 5.78 Å². The van der Waals surface area contributed by atoms with Gasteiger partial charge in [-0.2, -0.15) is 8.78 Å². The molecular weight excluding hydrogens is 450 g/mol. The van der Waals surface area contributed by atoms with E-state index in [2.05, 4.69) is 0 Å². The summed E-state index contributed by atoms with van der Waals surface area (Å²) in [4.78, 5) is 23.7. The topological polar surface area (TPSA) is 98.9 Å². The number of nitrogens with zero attached hydrogens (tertiary/aromatic N) is 2. The molecular formula is C24H36F2N2O6. The van der Waals surface area contributed by atoms with Crippen molar-refractivity contribution in [2.24, 2.45) is 0 Å². The number of carbonyl (C=O) groups is 2. The Morgan fingerprint density at radius 3 is 1.56 bits per heavy atom. The van der Waals surface area contributed by atoms with E-state index in [1.807, 2.05) is 0 Å². The van der Waals surface area contributed by atoms with Crippen LogP contribution in [0.5, 0.6) is 0 Å². The highest BCUT2D eigenvalue weighted by atomic mass is 19.1. The van der Waals surface area contributed by atoms with Gasteiger partial charge in [-0.3, -0.25) is 9.59 Å². The van der Waals surface area contributed by atoms with Crippen LogP contribution in [0.4, 0.5) is 8.78 Å². The van der Waals surface area contributed by atoms with E-state index in [9.17, 15) is 28.8 Å². The third-order valence-electron chi connectivity index (χ3n) is 6.50. The molecule has 0 aromatic carbocycles. The van der Waals surface area contributed by atoms with Gasteiger partial charge in [0.2, 0.25) is 17.4 Å². The number of ether oxygens (including phenoxy) is 2. The first-order valence-corrected chi connectivity index (χ1v) is 11.4. The third kappa shape index (κ3) is 6.02. The molecule has 2 aliphatic heterocycles. The standard InChI is InChI=1S/C24H36F2N2O6/c1-21(2)9-15(10-22(3,4)27(21)31)33-14-18(26)19(30)20(17(25)13-29)34-16-11-23(5,6)28(32)24(7,8)12-16/h13-16H,9-12H2,1-8H3/b18-14-,20-17+. The zero-order chi connectivity index (χ0) is 26.3. The van der Waals surface area contributed by atoms with Crippen molar-refractivity contribution in [1.29, 1.82) is 0 Å². The molecule has 0 aromatic rings. The van der Waals surface area contributed by atoms with Gasteiger partial charge < -0.3 is 9.47 Å². The minimum atomic E-state index is -1.55. The number of hydroxylamine groups is 4. The fourth-order valence-corrected chi connectivity index (χ4v) is 5.28. The van der Waals surface area contributed by atoms with E-state index >= 15 is 0 Å². The molecule has 2 rings (SSSR count). The number of carbonyl (C=O) groups excluding carboxylic acids is 2. The number of rotatable bonds is 7. The Hall–Kier alpha value is -1.88. The average Bonchev–Trinajstić information content (AvgIpc) is 2.70. The first kappa shape index (κ1) is 28.4. The molecule has 10 heteroatoms. The zero-order valence-corrected chi connectivity index (χ0v) is 21.2. The highest BCUT2D eigenvalue weighted by Gasteiger charge is 2.48. The van der Waals surface area contributed by atoms with Crippen molar-refractivity contribution in [3.63, 3.8) is 0 Å². The maximum atomic E-state index is 14.7. The number of piperidine rings is 2. The number of aldehydes is 1. The van der Waals surface area contributed by atoms with Crippen molar-refractivity contribution in [1.82, 2.24) is 10.1 Å². The summed E-state index contributed by atoms with van der Waals surface area (Å²) in [6, 6.07) is 0. The van der Waals surface area contributed by atoms with E-state index < -0.39 is 57.6 Å². The quantitative estimate of drug-likeness (QED) is 0.298. The minimum absolute atomic E-state index is 0.141. The molecule has 0 saturated carbocycles. The molecule has 192 valence electrons. The maximum Gasteiger partial charge on any atom is 0.262 e. The minimum Gasteiger partial charge on any atom is -0.495 e. The normalized spacial score (nSPS) is 26.5. The van der Waals surface area contributed by atoms with Gasteiger partial charge in [-0.1, -0.05) is 0 Å². The fourth-order valence-electron chi connectivity index (χ4n) is 5.28. The van der Waals surface area contributed by atoms with E-state index in [1.165, 1.54) is 0 Å². The van der Waals surface area contributed by atoms with Crippen LogP contribution in [0.25, 0.3) is 0 Å². The van der Waals surface area contributed by atoms with Crippen LogP contribution in [-0.4, -0.2) is 56.6 Å². The molecule has 0 amide bonds. The number of ketones is 1. The first-order valence-electron chi connectivity index (χ1n) is 11.4. The first-order chi connectivity index (χ1) is 15.3. The van der Waals surface area contributed by atoms with Crippen molar-refractivity contribution in [3.05, 3.63) is 23.7 Å². The van der Waals surface area contributed by atoms with Gasteiger partial charge in [-0.15, -0.1) is 20.5 Å². The lowest BCUT2D eigenvalue weighted by Gasteiger charge is -2.49. The molecule has 0 bridgehead atoms. The summed E-state index contributed by atoms with van der Waals surface area (Å²) in [6.07, 6.45) is -0.136. The Balaban J connectivity index is 2.20. The number of hydrogen-bond donors (Lipinski definition) is 0. The predicted molar refractivity (Wildman–Crippen MR) is 118 cm³/mol. The van der Waals surface area contributed by atoms with Gasteiger partial charge in [-0.25, -0.2) is 0 Å². The lowest BCUT2D eigenvalue weighted by molar-refractivity contribution is -0.299. The lowest BCUT2D eigenvalue weighted by atomic mass is 9.80. The van der Waals surface area contributed by atoms with Gasteiger partial charge >= 0.3 is 0 Å². The summed E-state index contributed by atoms with van der Waals surface area (Å²) in [6.45, 7) is 13.7. The van der Waals surface area contributed by atoms with E-state index in [0.29, 0.717) is 6.26 Å². The monoisotopic (exact) mass is 486 g/mol. The van der Waals surface area contributed by atoms with E-state index in [-0.39, 0.29) is 32.0 Å². The number of hydrogen-bond acceptors (Lipinski definition) is 6. The number of allylic oxidation sites excluding steroid dienone is 2. The van der Waals surface area contributed by atoms with Crippen molar-refractivity contribution in [2.45, 2.75) is 115 Å². The van der Waals surface area contributed by atoms with Gasteiger partial charge in [0.05, 0.1) is 0 Å². The molecule has 0 atom stereocenters. The Morgan fingerprint density at radius 2 is 1.18 bits per heavy atom. The smallest absolute Gasteiger partial charge is 0.262 e. The van der Waals surface area contributed by atoms with E-state index in [1.54, 1.807) is 55.4 Å². The lowest BCUT2D eigenvalue weighted by Crippen LogP contribution is -2.59. The largest absolute Gasteiger partial charge is 0.495 e. The molecule has 0 unspecified atom stereocenters. The molecule has 0 aromatic heterocycles. The maximum absolute atomic E-state index is 14.7. The third-order valence-corrected chi connectivity index (χ3v) is 6.50. The van der Waals surface area contributed by atoms with Crippen LogP contribution in [0.2, 0.25) is 0 Å². The SMILES string of the molecule is CC1(C)CC(O/C=C(\F)C(=O)/C(OC2CC(C)(C)N([O])C(C)(C)C2)=C(\F)C=O)CC(C)(C)N1[O]. The van der Waals surface area contributed by atoms with Crippen LogP contribution in [0.1, 0.15) is 81.1 Å². The Bertz CT molecular complexity index is 830. The summed E-state index contributed by atoms with van der Waals surface area (Å²) in [5.74, 6) is -5.51. The molecule has 0 N–H and O–H groups in total. The van der Waals surface area contributed by atoms with E-state index in [4.69, 9.17) is 9.47 Å². The van der Waals surface area contributed by atoms with Crippen LogP contribution in [-0.2, 0) is 29.5 Å². The summed E-state index contributed by atoms with van der Waals surface area (Å²) in [7, 11) is 0. The summed E-state index contributed by atoms with van der Waals surface area (Å²) < 4.78 is 40.0. The summed E-state index contributed by atoms with van der Waals surface area (Å²) in [5.41, 5.74) is -3.30. The van der Waals surface area contributed by atoms with Gasteiger partial charge in [0.15, 0.2) is 6.29 Å². The van der Waals surface area contributed by atoms with E-state index in [0.717, 1.165) is 10.1 Å². The molecule has 0 spiro atoms.